The Bertz CT molecular complexity index is 1520. The number of rotatable bonds is 7. The van der Waals surface area contributed by atoms with Gasteiger partial charge in [0.1, 0.15) is 0 Å². The predicted molar refractivity (Wildman–Crippen MR) is 130 cm³/mol. The number of ether oxygens (including phenoxy) is 3. The van der Waals surface area contributed by atoms with Gasteiger partial charge < -0.3 is 14.2 Å². The molecule has 2 N–H and O–H groups in total. The lowest BCUT2D eigenvalue weighted by Gasteiger charge is -2.19. The van der Waals surface area contributed by atoms with Gasteiger partial charge in [0.2, 0.25) is 18.1 Å². The van der Waals surface area contributed by atoms with Crippen molar-refractivity contribution in [2.75, 3.05) is 5.32 Å². The van der Waals surface area contributed by atoms with Crippen molar-refractivity contribution in [1.82, 2.24) is 19.1 Å². The summed E-state index contributed by atoms with van der Waals surface area (Å²) in [4.78, 5) is 69.1. The number of nitrogens with one attached hydrogen (secondary N) is 2. The Hall–Kier alpha value is -4.52. The van der Waals surface area contributed by atoms with Gasteiger partial charge in [-0.25, -0.2) is 14.2 Å². The van der Waals surface area contributed by atoms with Gasteiger partial charge in [-0.2, -0.15) is 4.98 Å². The van der Waals surface area contributed by atoms with Crippen LogP contribution in [0.4, 0.5) is 5.95 Å². The maximum absolute atomic E-state index is 13.4. The highest BCUT2D eigenvalue weighted by atomic mass is 16.7. The average Bonchev–Trinajstić information content (AvgIpc) is 3.30. The van der Waals surface area contributed by atoms with Crippen LogP contribution in [0.25, 0.3) is 11.2 Å². The van der Waals surface area contributed by atoms with Gasteiger partial charge in [-0.05, 0) is 18.6 Å². The molecule has 0 saturated carbocycles. The van der Waals surface area contributed by atoms with Crippen LogP contribution in [-0.4, -0.2) is 49.3 Å². The second kappa shape index (κ2) is 10.2. The van der Waals surface area contributed by atoms with Gasteiger partial charge in [0.05, 0.1) is 12.0 Å². The molecule has 0 aliphatic carbocycles. The number of hydrogen-bond acceptors (Lipinski definition) is 9. The normalized spacial score (nSPS) is 18.9. The molecule has 0 radical (unpaired) electrons. The molecule has 2 aromatic heterocycles. The van der Waals surface area contributed by atoms with Crippen LogP contribution < -0.4 is 16.6 Å². The smallest absolute Gasteiger partial charge is 0.340 e. The van der Waals surface area contributed by atoms with E-state index in [1.807, 2.05) is 0 Å². The van der Waals surface area contributed by atoms with Crippen molar-refractivity contribution in [3.8, 4) is 0 Å². The third-order valence-electron chi connectivity index (χ3n) is 5.63. The van der Waals surface area contributed by atoms with Gasteiger partial charge in [-0.1, -0.05) is 24.3 Å². The first-order valence-electron chi connectivity index (χ1n) is 11.3. The van der Waals surface area contributed by atoms with E-state index in [0.717, 1.165) is 9.13 Å². The van der Waals surface area contributed by atoms with Crippen molar-refractivity contribution in [3.63, 3.8) is 0 Å². The Labute approximate surface area is 209 Å². The molecule has 13 heteroatoms. The third-order valence-corrected chi connectivity index (χ3v) is 5.63. The van der Waals surface area contributed by atoms with E-state index in [0.29, 0.717) is 11.1 Å². The Kier molecular flexibility index (Phi) is 7.07. The van der Waals surface area contributed by atoms with Crippen LogP contribution in [0.15, 0.2) is 46.5 Å². The summed E-state index contributed by atoms with van der Waals surface area (Å²) in [6, 6.07) is 6.81. The fraction of sp³-hybridized carbons (Fsp3) is 0.333. The van der Waals surface area contributed by atoms with Crippen LogP contribution >= 0.6 is 0 Å². The molecule has 1 aliphatic heterocycles. The molecule has 0 spiro atoms. The highest BCUT2D eigenvalue weighted by Gasteiger charge is 2.43. The fourth-order valence-corrected chi connectivity index (χ4v) is 4.15. The SMILES string of the molecule is C=CCn1c(=O)n([C@@H]2O[C@@H](OC(=O)c3ccccc3C)C[C@H]2OC(C)=O)c2nc(NC(C)=O)[nH]c(=O)c21. The fourth-order valence-electron chi connectivity index (χ4n) is 4.15. The number of fused-ring (bicyclic) bond motifs is 1. The number of aromatic nitrogens is 4. The number of aryl methyl sites for hydroxylation is 1. The summed E-state index contributed by atoms with van der Waals surface area (Å²) in [6.07, 6.45) is -2.19. The summed E-state index contributed by atoms with van der Waals surface area (Å²) in [5, 5.41) is 2.37. The predicted octanol–water partition coefficient (Wildman–Crippen LogP) is 1.37. The molecule has 0 unspecified atom stereocenters. The van der Waals surface area contributed by atoms with E-state index in [9.17, 15) is 24.0 Å². The molecule has 1 aromatic carbocycles. The van der Waals surface area contributed by atoms with E-state index >= 15 is 0 Å². The largest absolute Gasteiger partial charge is 0.457 e. The summed E-state index contributed by atoms with van der Waals surface area (Å²) in [7, 11) is 0. The molecule has 3 heterocycles. The minimum atomic E-state index is -1.29. The number of allylic oxidation sites excluding steroid dienone is 1. The number of amides is 1. The van der Waals surface area contributed by atoms with Crippen molar-refractivity contribution < 1.29 is 28.6 Å². The average molecular weight is 511 g/mol. The maximum Gasteiger partial charge on any atom is 0.340 e. The summed E-state index contributed by atoms with van der Waals surface area (Å²) in [6.45, 7) is 7.74. The molecule has 194 valence electrons. The number of esters is 2. The first kappa shape index (κ1) is 25.6. The van der Waals surface area contributed by atoms with Gasteiger partial charge in [0.25, 0.3) is 5.56 Å². The topological polar surface area (TPSA) is 164 Å². The number of nitrogens with zero attached hydrogens (tertiary/aromatic N) is 3. The van der Waals surface area contributed by atoms with E-state index in [1.54, 1.807) is 31.2 Å². The van der Waals surface area contributed by atoms with Crippen molar-refractivity contribution in [2.45, 2.75) is 52.4 Å². The summed E-state index contributed by atoms with van der Waals surface area (Å²) in [5.74, 6) is -2.01. The van der Waals surface area contributed by atoms with E-state index < -0.39 is 47.7 Å². The number of benzene rings is 1. The van der Waals surface area contributed by atoms with Crippen molar-refractivity contribution >= 4 is 35.0 Å². The summed E-state index contributed by atoms with van der Waals surface area (Å²) >= 11 is 0. The molecule has 0 bridgehead atoms. The van der Waals surface area contributed by atoms with Crippen molar-refractivity contribution in [1.29, 1.82) is 0 Å². The molecular weight excluding hydrogens is 486 g/mol. The number of anilines is 1. The Morgan fingerprint density at radius 1 is 1.24 bits per heavy atom. The molecule has 1 fully saturated rings. The van der Waals surface area contributed by atoms with Crippen LogP contribution in [-0.2, 0) is 30.3 Å². The number of H-pyrrole nitrogens is 1. The molecule has 4 rings (SSSR count). The minimum absolute atomic E-state index is 0.0385. The van der Waals surface area contributed by atoms with Gasteiger partial charge >= 0.3 is 17.6 Å². The molecule has 1 amide bonds. The van der Waals surface area contributed by atoms with Gasteiger partial charge in [0, 0.05) is 20.4 Å². The van der Waals surface area contributed by atoms with E-state index in [-0.39, 0.29) is 30.1 Å². The van der Waals surface area contributed by atoms with E-state index in [1.165, 1.54) is 19.9 Å². The first-order valence-corrected chi connectivity index (χ1v) is 11.3. The lowest BCUT2D eigenvalue weighted by atomic mass is 10.1. The van der Waals surface area contributed by atoms with Crippen LogP contribution in [0.1, 0.15) is 42.4 Å². The lowest BCUT2D eigenvalue weighted by Crippen LogP contribution is -2.33. The monoisotopic (exact) mass is 511 g/mol. The van der Waals surface area contributed by atoms with E-state index in [4.69, 9.17) is 14.2 Å². The number of imidazole rings is 1. The van der Waals surface area contributed by atoms with Gasteiger partial charge in [0.15, 0.2) is 23.5 Å². The molecule has 1 saturated heterocycles. The number of carbonyl (C=O) groups is 3. The molecule has 3 atom stereocenters. The van der Waals surface area contributed by atoms with Crippen LogP contribution in [0.5, 0.6) is 0 Å². The summed E-state index contributed by atoms with van der Waals surface area (Å²) in [5.41, 5.74) is -0.628. The Balaban J connectivity index is 1.79. The second-order valence-electron chi connectivity index (χ2n) is 8.38. The maximum atomic E-state index is 13.4. The quantitative estimate of drug-likeness (QED) is 0.352. The van der Waals surface area contributed by atoms with Crippen LogP contribution in [0.2, 0.25) is 0 Å². The van der Waals surface area contributed by atoms with Crippen LogP contribution in [0, 0.1) is 6.92 Å². The van der Waals surface area contributed by atoms with Crippen molar-refractivity contribution in [3.05, 3.63) is 68.9 Å². The zero-order valence-corrected chi connectivity index (χ0v) is 20.3. The minimum Gasteiger partial charge on any atom is -0.457 e. The highest BCUT2D eigenvalue weighted by molar-refractivity contribution is 5.91. The number of aromatic amines is 1. The molecule has 37 heavy (non-hydrogen) atoms. The molecule has 3 aromatic rings. The van der Waals surface area contributed by atoms with Crippen LogP contribution in [0.3, 0.4) is 0 Å². The number of hydrogen-bond donors (Lipinski definition) is 2. The standard InChI is InChI=1S/C24H25N5O8/c1-5-10-28-18-19(26-23(25-13(3)30)27-20(18)32)29(24(28)34)21-16(35-14(4)31)11-17(36-21)37-22(33)15-9-7-6-8-12(15)2/h5-9,16-17,21H,1,10-11H2,2-4H3,(H2,25,26,27,30,32)/t16-,17+,21-/m1/s1. The molecule has 13 nitrogen and oxygen atoms in total. The first-order chi connectivity index (χ1) is 17.6. The van der Waals surface area contributed by atoms with Crippen molar-refractivity contribution in [2.24, 2.45) is 0 Å². The highest BCUT2D eigenvalue weighted by Crippen LogP contribution is 2.33. The zero-order valence-electron chi connectivity index (χ0n) is 20.3. The molecular formula is C24H25N5O8. The zero-order chi connectivity index (χ0) is 26.9. The number of carbonyl (C=O) groups excluding carboxylic acids is 3. The second-order valence-corrected chi connectivity index (χ2v) is 8.38. The Morgan fingerprint density at radius 2 is 1.97 bits per heavy atom. The lowest BCUT2D eigenvalue weighted by molar-refractivity contribution is -0.156. The molecule has 1 aliphatic rings. The van der Waals surface area contributed by atoms with Gasteiger partial charge in [-0.3, -0.25) is 29.3 Å². The summed E-state index contributed by atoms with van der Waals surface area (Å²) < 4.78 is 19.0. The van der Waals surface area contributed by atoms with E-state index in [2.05, 4.69) is 21.9 Å². The van der Waals surface area contributed by atoms with Gasteiger partial charge in [-0.15, -0.1) is 6.58 Å². The Morgan fingerprint density at radius 3 is 2.62 bits per heavy atom. The third kappa shape index (κ3) is 5.07.